The molecule has 0 bridgehead atoms. The normalized spacial score (nSPS) is 14.5. The maximum atomic E-state index is 12.6. The quantitative estimate of drug-likeness (QED) is 0.773. The molecule has 6 nitrogen and oxygen atoms in total. The highest BCUT2D eigenvalue weighted by atomic mass is 16.2. The minimum absolute atomic E-state index is 0.100. The Bertz CT molecular complexity index is 992. The Kier molecular flexibility index (Phi) is 4.87. The van der Waals surface area contributed by atoms with Crippen LogP contribution in [0, 0.1) is 0 Å². The average molecular weight is 362 g/mol. The van der Waals surface area contributed by atoms with Gasteiger partial charge in [0, 0.05) is 49.9 Å². The third kappa shape index (κ3) is 3.84. The molecule has 2 aromatic heterocycles. The van der Waals surface area contributed by atoms with Gasteiger partial charge in [-0.05, 0) is 36.1 Å². The smallest absolute Gasteiger partial charge is 0.251 e. The molecule has 0 spiro atoms. The van der Waals surface area contributed by atoms with Crippen molar-refractivity contribution in [2.45, 2.75) is 12.8 Å². The summed E-state index contributed by atoms with van der Waals surface area (Å²) in [5.41, 5.74) is 1.37. The van der Waals surface area contributed by atoms with Crippen LogP contribution in [0.2, 0.25) is 0 Å². The highest BCUT2D eigenvalue weighted by Gasteiger charge is 2.21. The number of hydrogen-bond donors (Lipinski definition) is 1. The van der Waals surface area contributed by atoms with Crippen LogP contribution < -0.4 is 10.5 Å². The van der Waals surface area contributed by atoms with Gasteiger partial charge in [-0.2, -0.15) is 0 Å². The fourth-order valence-corrected chi connectivity index (χ4v) is 3.50. The molecule has 1 aromatic carbocycles. The highest BCUT2D eigenvalue weighted by molar-refractivity contribution is 5.79. The van der Waals surface area contributed by atoms with Gasteiger partial charge in [0.15, 0.2) is 0 Å². The minimum atomic E-state index is -0.110. The zero-order valence-corrected chi connectivity index (χ0v) is 15.1. The SMILES string of the molecule is O=C(CCc1cc2ccccc2[nH]c1=O)N1CCN(c2ccccn2)CC1. The van der Waals surface area contributed by atoms with Gasteiger partial charge in [0.25, 0.3) is 5.56 Å². The van der Waals surface area contributed by atoms with Crippen molar-refractivity contribution >= 4 is 22.6 Å². The maximum absolute atomic E-state index is 12.6. The number of para-hydroxylation sites is 1. The molecule has 0 unspecified atom stereocenters. The monoisotopic (exact) mass is 362 g/mol. The third-order valence-electron chi connectivity index (χ3n) is 5.04. The van der Waals surface area contributed by atoms with E-state index in [-0.39, 0.29) is 11.5 Å². The number of rotatable bonds is 4. The number of anilines is 1. The molecule has 1 N–H and O–H groups in total. The zero-order valence-electron chi connectivity index (χ0n) is 15.1. The van der Waals surface area contributed by atoms with Gasteiger partial charge in [0.05, 0.1) is 0 Å². The second-order valence-electron chi connectivity index (χ2n) is 6.77. The van der Waals surface area contributed by atoms with Crippen LogP contribution >= 0.6 is 0 Å². The molecule has 0 atom stereocenters. The molecular formula is C21H22N4O2. The number of carbonyl (C=O) groups is 1. The first-order chi connectivity index (χ1) is 13.2. The molecule has 0 saturated carbocycles. The van der Waals surface area contributed by atoms with E-state index in [4.69, 9.17) is 0 Å². The van der Waals surface area contributed by atoms with Gasteiger partial charge in [0.1, 0.15) is 5.82 Å². The summed E-state index contributed by atoms with van der Waals surface area (Å²) in [5, 5.41) is 0.989. The first-order valence-corrected chi connectivity index (χ1v) is 9.25. The number of piperazine rings is 1. The molecule has 1 fully saturated rings. The molecule has 0 radical (unpaired) electrons. The largest absolute Gasteiger partial charge is 0.353 e. The van der Waals surface area contributed by atoms with Gasteiger partial charge < -0.3 is 14.8 Å². The summed E-state index contributed by atoms with van der Waals surface area (Å²) in [6, 6.07) is 15.4. The second kappa shape index (κ2) is 7.61. The molecule has 27 heavy (non-hydrogen) atoms. The summed E-state index contributed by atoms with van der Waals surface area (Å²) < 4.78 is 0. The van der Waals surface area contributed by atoms with Gasteiger partial charge in [-0.1, -0.05) is 24.3 Å². The van der Waals surface area contributed by atoms with Gasteiger partial charge in [-0.25, -0.2) is 4.98 Å². The van der Waals surface area contributed by atoms with E-state index in [9.17, 15) is 9.59 Å². The molecule has 1 aliphatic rings. The number of H-pyrrole nitrogens is 1. The van der Waals surface area contributed by atoms with Crippen LogP contribution in [0.25, 0.3) is 10.9 Å². The van der Waals surface area contributed by atoms with Crippen LogP contribution in [-0.2, 0) is 11.2 Å². The van der Waals surface area contributed by atoms with E-state index in [0.29, 0.717) is 31.5 Å². The molecule has 4 rings (SSSR count). The lowest BCUT2D eigenvalue weighted by atomic mass is 10.1. The molecule has 1 saturated heterocycles. The molecule has 138 valence electrons. The summed E-state index contributed by atoms with van der Waals surface area (Å²) >= 11 is 0. The summed E-state index contributed by atoms with van der Waals surface area (Å²) in [6.45, 7) is 2.92. The van der Waals surface area contributed by atoms with Crippen molar-refractivity contribution in [1.29, 1.82) is 0 Å². The van der Waals surface area contributed by atoms with Crippen molar-refractivity contribution in [2.75, 3.05) is 31.1 Å². The number of carbonyl (C=O) groups excluding carboxylic acids is 1. The number of amides is 1. The van der Waals surface area contributed by atoms with Gasteiger partial charge >= 0.3 is 0 Å². The van der Waals surface area contributed by atoms with Crippen molar-refractivity contribution in [3.63, 3.8) is 0 Å². The zero-order chi connectivity index (χ0) is 18.6. The van der Waals surface area contributed by atoms with Crippen molar-refractivity contribution in [2.24, 2.45) is 0 Å². The Hall–Kier alpha value is -3.15. The second-order valence-corrected chi connectivity index (χ2v) is 6.77. The number of nitrogens with one attached hydrogen (secondary N) is 1. The van der Waals surface area contributed by atoms with Crippen molar-refractivity contribution in [1.82, 2.24) is 14.9 Å². The van der Waals surface area contributed by atoms with Crippen LogP contribution in [0.15, 0.2) is 59.5 Å². The van der Waals surface area contributed by atoms with Crippen LogP contribution in [-0.4, -0.2) is 47.0 Å². The number of pyridine rings is 2. The first-order valence-electron chi connectivity index (χ1n) is 9.25. The number of aromatic nitrogens is 2. The predicted molar refractivity (Wildman–Crippen MR) is 106 cm³/mol. The number of aromatic amines is 1. The van der Waals surface area contributed by atoms with Gasteiger partial charge in [-0.3, -0.25) is 9.59 Å². The third-order valence-corrected chi connectivity index (χ3v) is 5.04. The number of aryl methyl sites for hydroxylation is 1. The Balaban J connectivity index is 1.35. The number of fused-ring (bicyclic) bond motifs is 1. The molecule has 1 amide bonds. The molecule has 0 aliphatic carbocycles. The lowest BCUT2D eigenvalue weighted by Gasteiger charge is -2.35. The Morgan fingerprint density at radius 3 is 2.59 bits per heavy atom. The van der Waals surface area contributed by atoms with Gasteiger partial charge in [0.2, 0.25) is 5.91 Å². The minimum Gasteiger partial charge on any atom is -0.353 e. The summed E-state index contributed by atoms with van der Waals surface area (Å²) in [6.07, 6.45) is 2.60. The van der Waals surface area contributed by atoms with Gasteiger partial charge in [-0.15, -0.1) is 0 Å². The first kappa shape index (κ1) is 17.3. The molecular weight excluding hydrogens is 340 g/mol. The Morgan fingerprint density at radius 1 is 1.04 bits per heavy atom. The fraction of sp³-hybridized carbons (Fsp3) is 0.286. The van der Waals surface area contributed by atoms with E-state index in [1.54, 1.807) is 6.20 Å². The highest BCUT2D eigenvalue weighted by Crippen LogP contribution is 2.14. The predicted octanol–water partition coefficient (Wildman–Crippen LogP) is 2.20. The summed E-state index contributed by atoms with van der Waals surface area (Å²) in [5.74, 6) is 1.05. The molecule has 1 aliphatic heterocycles. The van der Waals surface area contributed by atoms with E-state index in [0.717, 1.165) is 29.8 Å². The van der Waals surface area contributed by atoms with Crippen molar-refractivity contribution in [3.8, 4) is 0 Å². The topological polar surface area (TPSA) is 69.3 Å². The van der Waals surface area contributed by atoms with E-state index >= 15 is 0 Å². The Labute approximate surface area is 157 Å². The lowest BCUT2D eigenvalue weighted by Crippen LogP contribution is -2.49. The van der Waals surface area contributed by atoms with Crippen molar-refractivity contribution < 1.29 is 4.79 Å². The van der Waals surface area contributed by atoms with Crippen LogP contribution in [0.3, 0.4) is 0 Å². The number of benzene rings is 1. The summed E-state index contributed by atoms with van der Waals surface area (Å²) in [7, 11) is 0. The number of hydrogen-bond acceptors (Lipinski definition) is 4. The van der Waals surface area contributed by atoms with Crippen LogP contribution in [0.5, 0.6) is 0 Å². The molecule has 3 aromatic rings. The van der Waals surface area contributed by atoms with Crippen LogP contribution in [0.4, 0.5) is 5.82 Å². The molecule has 3 heterocycles. The van der Waals surface area contributed by atoms with E-state index in [1.165, 1.54) is 0 Å². The fourth-order valence-electron chi connectivity index (χ4n) is 3.50. The standard InChI is InChI=1S/C21H22N4O2/c26-20(25-13-11-24(12-14-25)19-7-3-4-10-22-19)9-8-17-15-16-5-1-2-6-18(16)23-21(17)27/h1-7,10,15H,8-9,11-14H2,(H,23,27). The maximum Gasteiger partial charge on any atom is 0.251 e. The van der Waals surface area contributed by atoms with E-state index < -0.39 is 0 Å². The average Bonchev–Trinajstić information content (AvgIpc) is 2.73. The van der Waals surface area contributed by atoms with Crippen LogP contribution in [0.1, 0.15) is 12.0 Å². The lowest BCUT2D eigenvalue weighted by molar-refractivity contribution is -0.131. The van der Waals surface area contributed by atoms with E-state index in [1.807, 2.05) is 53.4 Å². The van der Waals surface area contributed by atoms with Crippen molar-refractivity contribution in [3.05, 3.63) is 70.6 Å². The van der Waals surface area contributed by atoms with E-state index in [2.05, 4.69) is 14.9 Å². The Morgan fingerprint density at radius 2 is 1.81 bits per heavy atom. The summed E-state index contributed by atoms with van der Waals surface area (Å²) in [4.78, 5) is 36.1. The number of nitrogens with zero attached hydrogens (tertiary/aromatic N) is 3. The molecule has 6 heteroatoms.